The molecular formula is C58H39N3O2S. The Morgan fingerprint density at radius 3 is 2.34 bits per heavy atom. The van der Waals surface area contributed by atoms with Crippen molar-refractivity contribution in [1.29, 1.82) is 0 Å². The number of aromatic nitrogens is 2. The third kappa shape index (κ3) is 6.13. The molecule has 6 heteroatoms. The van der Waals surface area contributed by atoms with Gasteiger partial charge in [-0.25, -0.2) is 9.97 Å². The molecule has 1 aliphatic carbocycles. The molecule has 7 aromatic carbocycles. The van der Waals surface area contributed by atoms with E-state index in [1.165, 1.54) is 42.9 Å². The van der Waals surface area contributed by atoms with Crippen LogP contribution in [0.15, 0.2) is 199 Å². The zero-order valence-corrected chi connectivity index (χ0v) is 35.5. The predicted octanol–water partition coefficient (Wildman–Crippen LogP) is 14.8. The Hall–Kier alpha value is -7.80. The van der Waals surface area contributed by atoms with Crippen LogP contribution in [0.4, 0.5) is 11.4 Å². The van der Waals surface area contributed by atoms with Gasteiger partial charge in [-0.15, -0.1) is 11.3 Å². The summed E-state index contributed by atoms with van der Waals surface area (Å²) < 4.78 is 14.4. The average Bonchev–Trinajstić information content (AvgIpc) is 4.05. The summed E-state index contributed by atoms with van der Waals surface area (Å²) in [6.07, 6.45) is 11.9. The molecule has 10 aromatic rings. The normalized spacial score (nSPS) is 16.9. The maximum Gasteiger partial charge on any atom is 0.160 e. The molecule has 0 bridgehead atoms. The predicted molar refractivity (Wildman–Crippen MR) is 263 cm³/mol. The number of hydrogen-bond acceptors (Lipinski definition) is 6. The van der Waals surface area contributed by atoms with Crippen molar-refractivity contribution in [3.8, 4) is 39.4 Å². The minimum Gasteiger partial charge on any atom is -0.485 e. The number of thiophene rings is 1. The third-order valence-electron chi connectivity index (χ3n) is 13.0. The summed E-state index contributed by atoms with van der Waals surface area (Å²) in [5, 5.41) is 3.40. The number of hydrogen-bond donors (Lipinski definition) is 0. The van der Waals surface area contributed by atoms with Gasteiger partial charge in [0.1, 0.15) is 23.0 Å². The van der Waals surface area contributed by atoms with Crippen LogP contribution < -0.4 is 9.64 Å². The molecule has 0 saturated heterocycles. The van der Waals surface area contributed by atoms with Crippen LogP contribution >= 0.6 is 11.3 Å². The molecule has 5 nitrogen and oxygen atoms in total. The van der Waals surface area contributed by atoms with Gasteiger partial charge in [-0.05, 0) is 82.8 Å². The summed E-state index contributed by atoms with van der Waals surface area (Å²) in [5.41, 5.74) is 14.8. The van der Waals surface area contributed by atoms with Gasteiger partial charge in [0, 0.05) is 72.7 Å². The Morgan fingerprint density at radius 1 is 0.625 bits per heavy atom. The van der Waals surface area contributed by atoms with Gasteiger partial charge in [-0.1, -0.05) is 140 Å². The van der Waals surface area contributed by atoms with Crippen molar-refractivity contribution < 1.29 is 9.15 Å². The fraction of sp³-hybridized carbons (Fsp3) is 0.0690. The minimum atomic E-state index is -0.119. The Labute approximate surface area is 374 Å². The van der Waals surface area contributed by atoms with Crippen LogP contribution in [0.1, 0.15) is 33.3 Å². The number of rotatable bonds is 5. The lowest BCUT2D eigenvalue weighted by Gasteiger charge is -2.29. The molecule has 0 fully saturated rings. The number of furan rings is 1. The monoisotopic (exact) mass is 841 g/mol. The van der Waals surface area contributed by atoms with Crippen LogP contribution in [0.3, 0.4) is 0 Å². The second kappa shape index (κ2) is 14.9. The van der Waals surface area contributed by atoms with Gasteiger partial charge in [0.15, 0.2) is 5.82 Å². The molecule has 3 aliphatic rings. The largest absolute Gasteiger partial charge is 0.485 e. The maximum absolute atomic E-state index is 6.67. The van der Waals surface area contributed by atoms with Crippen molar-refractivity contribution in [2.75, 3.05) is 11.4 Å². The van der Waals surface area contributed by atoms with Gasteiger partial charge in [0.05, 0.1) is 17.1 Å². The van der Waals surface area contributed by atoms with E-state index >= 15 is 0 Å². The molecule has 0 N–H and O–H groups in total. The molecule has 2 atom stereocenters. The Balaban J connectivity index is 0.976. The highest BCUT2D eigenvalue weighted by molar-refractivity contribution is 7.20. The molecule has 0 amide bonds. The van der Waals surface area contributed by atoms with E-state index in [0.29, 0.717) is 5.82 Å². The standard InChI is InChI=1S/C58H39N3O2S/c1-3-14-36(15-4-1)48-35-49(60-58(59-48)39-27-29-43-42-19-7-9-23-50(42)63-53(43)34-39)45-22-12-24-52-56(45)47-32-37(28-30-51(47)62-52)41-21-11-16-38-33-46-44-20-8-10-25-54(44)64-55(46)26-13-31-61(57(38)41)40-17-5-2-6-18-40/h1-30,32,34-35,43,53H,31,33H2/b26-13-. The lowest BCUT2D eigenvalue weighted by atomic mass is 9.89. The first-order valence-corrected chi connectivity index (χ1v) is 22.7. The number of fused-ring (bicyclic) bond motifs is 10. The zero-order valence-electron chi connectivity index (χ0n) is 34.7. The van der Waals surface area contributed by atoms with Crippen molar-refractivity contribution in [1.82, 2.24) is 9.97 Å². The second-order valence-electron chi connectivity index (χ2n) is 16.7. The van der Waals surface area contributed by atoms with Crippen LogP contribution in [0, 0.1) is 0 Å². The number of anilines is 2. The molecule has 13 rings (SSSR count). The maximum atomic E-state index is 6.67. The van der Waals surface area contributed by atoms with Crippen LogP contribution in [0.2, 0.25) is 0 Å². The van der Waals surface area contributed by atoms with E-state index in [1.807, 2.05) is 23.5 Å². The first-order valence-electron chi connectivity index (χ1n) is 21.9. The topological polar surface area (TPSA) is 51.4 Å². The summed E-state index contributed by atoms with van der Waals surface area (Å²) in [4.78, 5) is 14.4. The van der Waals surface area contributed by atoms with Gasteiger partial charge in [0.25, 0.3) is 0 Å². The van der Waals surface area contributed by atoms with Gasteiger partial charge in [-0.3, -0.25) is 0 Å². The van der Waals surface area contributed by atoms with Crippen LogP contribution in [-0.2, 0) is 6.42 Å². The number of ether oxygens (including phenoxy) is 1. The van der Waals surface area contributed by atoms with Crippen LogP contribution in [-0.4, -0.2) is 22.6 Å². The average molecular weight is 842 g/mol. The fourth-order valence-corrected chi connectivity index (χ4v) is 11.1. The molecular weight excluding hydrogens is 803 g/mol. The van der Waals surface area contributed by atoms with Crippen molar-refractivity contribution in [3.05, 3.63) is 222 Å². The van der Waals surface area contributed by atoms with Gasteiger partial charge < -0.3 is 14.1 Å². The summed E-state index contributed by atoms with van der Waals surface area (Å²) in [7, 11) is 0. The fourth-order valence-electron chi connectivity index (χ4n) is 9.99. The van der Waals surface area contributed by atoms with Crippen molar-refractivity contribution in [2.45, 2.75) is 18.4 Å². The van der Waals surface area contributed by atoms with Gasteiger partial charge in [0.2, 0.25) is 0 Å². The summed E-state index contributed by atoms with van der Waals surface area (Å²) in [5.74, 6) is 1.76. The Morgan fingerprint density at radius 2 is 1.42 bits per heavy atom. The van der Waals surface area contributed by atoms with Crippen LogP contribution in [0.5, 0.6) is 5.75 Å². The van der Waals surface area contributed by atoms with Crippen LogP contribution in [0.25, 0.3) is 77.3 Å². The minimum absolute atomic E-state index is 0.119. The quantitative estimate of drug-likeness (QED) is 0.173. The Bertz CT molecular complexity index is 3560. The zero-order chi connectivity index (χ0) is 42.1. The SMILES string of the molecule is C1=CC2c3ccccc3OC2C=C1c1nc(-c2ccccc2)cc(-c2cccc3oc4ccc(-c5cccc6c5N(c5ccccc5)C/C=C\c5sc7ccccc7c5C6)cc4c23)n1. The molecule has 0 spiro atoms. The first kappa shape index (κ1) is 36.8. The highest BCUT2D eigenvalue weighted by atomic mass is 32.1. The van der Waals surface area contributed by atoms with E-state index in [4.69, 9.17) is 19.1 Å². The molecule has 2 unspecified atom stereocenters. The van der Waals surface area contributed by atoms with E-state index in [2.05, 4.69) is 193 Å². The molecule has 5 heterocycles. The lowest BCUT2D eigenvalue weighted by Crippen LogP contribution is -2.19. The second-order valence-corrected chi connectivity index (χ2v) is 17.8. The van der Waals surface area contributed by atoms with Crippen molar-refractivity contribution >= 4 is 66.4 Å². The first-order chi connectivity index (χ1) is 31.7. The molecule has 64 heavy (non-hydrogen) atoms. The van der Waals surface area contributed by atoms with Gasteiger partial charge in [-0.2, -0.15) is 0 Å². The Kier molecular flexibility index (Phi) is 8.59. The number of nitrogens with zero attached hydrogens (tertiary/aromatic N) is 3. The van der Waals surface area contributed by atoms with E-state index in [0.717, 1.165) is 80.0 Å². The van der Waals surface area contributed by atoms with E-state index in [9.17, 15) is 0 Å². The van der Waals surface area contributed by atoms with Crippen molar-refractivity contribution in [2.24, 2.45) is 0 Å². The van der Waals surface area contributed by atoms with E-state index in [1.54, 1.807) is 0 Å². The molecule has 3 aromatic heterocycles. The van der Waals surface area contributed by atoms with E-state index in [-0.39, 0.29) is 12.0 Å². The summed E-state index contributed by atoms with van der Waals surface area (Å²) >= 11 is 1.88. The van der Waals surface area contributed by atoms with E-state index < -0.39 is 0 Å². The van der Waals surface area contributed by atoms with Gasteiger partial charge >= 0.3 is 0 Å². The molecule has 2 aliphatic heterocycles. The lowest BCUT2D eigenvalue weighted by molar-refractivity contribution is 0.269. The van der Waals surface area contributed by atoms with Crippen molar-refractivity contribution in [3.63, 3.8) is 0 Å². The molecule has 304 valence electrons. The molecule has 0 saturated carbocycles. The highest BCUT2D eigenvalue weighted by Gasteiger charge is 2.34. The highest BCUT2D eigenvalue weighted by Crippen LogP contribution is 2.46. The number of allylic oxidation sites excluding steroid dienone is 2. The molecule has 0 radical (unpaired) electrons. The number of benzene rings is 7. The third-order valence-corrected chi connectivity index (χ3v) is 14.1. The smallest absolute Gasteiger partial charge is 0.160 e. The summed E-state index contributed by atoms with van der Waals surface area (Å²) in [6.45, 7) is 0.731. The summed E-state index contributed by atoms with van der Waals surface area (Å²) in [6, 6.07) is 60.2. The number of para-hydroxylation sites is 3.